The molecule has 2 rings (SSSR count). The highest BCUT2D eigenvalue weighted by Gasteiger charge is 2.27. The molecule has 2 amide bonds. The average Bonchev–Trinajstić information content (AvgIpc) is 2.82. The van der Waals surface area contributed by atoms with Crippen LogP contribution in [0.2, 0.25) is 0 Å². The fourth-order valence-electron chi connectivity index (χ4n) is 2.44. The molecule has 6 heteroatoms. The van der Waals surface area contributed by atoms with E-state index in [1.54, 1.807) is 16.2 Å². The summed E-state index contributed by atoms with van der Waals surface area (Å²) in [6.07, 6.45) is 0.926. The first-order valence-corrected chi connectivity index (χ1v) is 7.69. The molecule has 20 heavy (non-hydrogen) atoms. The SMILES string of the molecule is CC(=O)N[C@H]1CCN(C(=O)Cc2cccs2)CC[C@@H]1O. The highest BCUT2D eigenvalue weighted by molar-refractivity contribution is 7.10. The van der Waals surface area contributed by atoms with Gasteiger partial charge in [-0.2, -0.15) is 0 Å². The average molecular weight is 296 g/mol. The second-order valence-corrected chi connectivity index (χ2v) is 6.12. The molecule has 1 saturated heterocycles. The normalized spacial score (nSPS) is 23.2. The van der Waals surface area contributed by atoms with Gasteiger partial charge in [0, 0.05) is 24.9 Å². The summed E-state index contributed by atoms with van der Waals surface area (Å²) in [7, 11) is 0. The Kier molecular flexibility index (Phi) is 5.14. The second-order valence-electron chi connectivity index (χ2n) is 5.09. The van der Waals surface area contributed by atoms with Gasteiger partial charge in [-0.1, -0.05) is 6.07 Å². The maximum Gasteiger partial charge on any atom is 0.227 e. The van der Waals surface area contributed by atoms with E-state index in [4.69, 9.17) is 0 Å². The van der Waals surface area contributed by atoms with Crippen LogP contribution in [0.3, 0.4) is 0 Å². The molecule has 0 radical (unpaired) electrons. The van der Waals surface area contributed by atoms with Crippen molar-refractivity contribution in [1.29, 1.82) is 0 Å². The Morgan fingerprint density at radius 3 is 2.85 bits per heavy atom. The Hall–Kier alpha value is -1.40. The highest BCUT2D eigenvalue weighted by atomic mass is 32.1. The molecule has 1 aliphatic heterocycles. The van der Waals surface area contributed by atoms with Gasteiger partial charge in [-0.05, 0) is 24.3 Å². The summed E-state index contributed by atoms with van der Waals surface area (Å²) < 4.78 is 0. The lowest BCUT2D eigenvalue weighted by Gasteiger charge is -2.20. The van der Waals surface area contributed by atoms with Crippen LogP contribution in [0.25, 0.3) is 0 Å². The van der Waals surface area contributed by atoms with E-state index in [1.807, 2.05) is 17.5 Å². The van der Waals surface area contributed by atoms with Crippen LogP contribution < -0.4 is 5.32 Å². The topological polar surface area (TPSA) is 69.6 Å². The minimum absolute atomic E-state index is 0.0862. The molecule has 0 unspecified atom stereocenters. The number of nitrogens with one attached hydrogen (secondary N) is 1. The maximum absolute atomic E-state index is 12.2. The van der Waals surface area contributed by atoms with Gasteiger partial charge in [-0.25, -0.2) is 0 Å². The number of hydrogen-bond donors (Lipinski definition) is 2. The van der Waals surface area contributed by atoms with Crippen LogP contribution in [0.15, 0.2) is 17.5 Å². The molecule has 0 spiro atoms. The van der Waals surface area contributed by atoms with Crippen molar-refractivity contribution >= 4 is 23.2 Å². The number of carbonyl (C=O) groups excluding carboxylic acids is 2. The second kappa shape index (κ2) is 6.85. The zero-order valence-corrected chi connectivity index (χ0v) is 12.4. The summed E-state index contributed by atoms with van der Waals surface area (Å²) in [5.74, 6) is -0.0597. The van der Waals surface area contributed by atoms with Crippen molar-refractivity contribution in [3.05, 3.63) is 22.4 Å². The summed E-state index contributed by atoms with van der Waals surface area (Å²) in [5.41, 5.74) is 0. The number of aliphatic hydroxyl groups excluding tert-OH is 1. The highest BCUT2D eigenvalue weighted by Crippen LogP contribution is 2.15. The first-order valence-electron chi connectivity index (χ1n) is 6.81. The molecule has 1 aliphatic rings. The van der Waals surface area contributed by atoms with Crippen LogP contribution in [-0.2, 0) is 16.0 Å². The molecule has 1 aromatic heterocycles. The van der Waals surface area contributed by atoms with Crippen molar-refractivity contribution in [2.75, 3.05) is 13.1 Å². The van der Waals surface area contributed by atoms with Crippen molar-refractivity contribution in [3.8, 4) is 0 Å². The number of likely N-dealkylation sites (tertiary alicyclic amines) is 1. The van der Waals surface area contributed by atoms with Gasteiger partial charge in [0.1, 0.15) is 0 Å². The molecule has 0 aliphatic carbocycles. The summed E-state index contributed by atoms with van der Waals surface area (Å²) in [4.78, 5) is 26.1. The largest absolute Gasteiger partial charge is 0.391 e. The predicted molar refractivity (Wildman–Crippen MR) is 77.4 cm³/mol. The molecule has 1 fully saturated rings. The lowest BCUT2D eigenvalue weighted by atomic mass is 10.1. The van der Waals surface area contributed by atoms with E-state index in [0.717, 1.165) is 4.88 Å². The van der Waals surface area contributed by atoms with E-state index in [1.165, 1.54) is 6.92 Å². The van der Waals surface area contributed by atoms with Gasteiger partial charge in [0.2, 0.25) is 11.8 Å². The summed E-state index contributed by atoms with van der Waals surface area (Å²) in [5, 5.41) is 14.7. The zero-order valence-electron chi connectivity index (χ0n) is 11.5. The standard InChI is InChI=1S/C14H20N2O3S/c1-10(17)15-12-4-6-16(7-5-13(12)18)14(19)9-11-3-2-8-20-11/h2-3,8,12-13,18H,4-7,9H2,1H3,(H,15,17)/t12-,13-/m0/s1. The molecule has 1 aromatic rings. The lowest BCUT2D eigenvalue weighted by molar-refractivity contribution is -0.130. The Balaban J connectivity index is 1.91. The molecular formula is C14H20N2O3S. The van der Waals surface area contributed by atoms with Crippen molar-refractivity contribution in [2.45, 2.75) is 38.3 Å². The summed E-state index contributed by atoms with van der Waals surface area (Å²) >= 11 is 1.58. The fraction of sp³-hybridized carbons (Fsp3) is 0.571. The Bertz CT molecular complexity index is 461. The van der Waals surface area contributed by atoms with E-state index in [0.29, 0.717) is 32.4 Å². The van der Waals surface area contributed by atoms with Crippen LogP contribution in [-0.4, -0.2) is 47.1 Å². The molecule has 2 N–H and O–H groups in total. The van der Waals surface area contributed by atoms with Crippen molar-refractivity contribution in [1.82, 2.24) is 10.2 Å². The minimum atomic E-state index is -0.585. The monoisotopic (exact) mass is 296 g/mol. The zero-order chi connectivity index (χ0) is 14.5. The molecule has 0 aromatic carbocycles. The van der Waals surface area contributed by atoms with E-state index in [9.17, 15) is 14.7 Å². The predicted octanol–water partition coefficient (Wildman–Crippen LogP) is 0.779. The Morgan fingerprint density at radius 1 is 1.45 bits per heavy atom. The van der Waals surface area contributed by atoms with Crippen LogP contribution in [0.1, 0.15) is 24.6 Å². The first-order chi connectivity index (χ1) is 9.56. The van der Waals surface area contributed by atoms with E-state index >= 15 is 0 Å². The number of aliphatic hydroxyl groups is 1. The molecular weight excluding hydrogens is 276 g/mol. The smallest absolute Gasteiger partial charge is 0.227 e. The van der Waals surface area contributed by atoms with Gasteiger partial charge >= 0.3 is 0 Å². The molecule has 0 saturated carbocycles. The molecule has 0 bridgehead atoms. The van der Waals surface area contributed by atoms with Gasteiger partial charge in [-0.15, -0.1) is 11.3 Å². The van der Waals surface area contributed by atoms with Gasteiger partial charge in [0.05, 0.1) is 18.6 Å². The number of rotatable bonds is 3. The van der Waals surface area contributed by atoms with E-state index in [2.05, 4.69) is 5.32 Å². The van der Waals surface area contributed by atoms with Crippen LogP contribution in [0, 0.1) is 0 Å². The number of amides is 2. The minimum Gasteiger partial charge on any atom is -0.391 e. The van der Waals surface area contributed by atoms with Gasteiger partial charge < -0.3 is 15.3 Å². The lowest BCUT2D eigenvalue weighted by Crippen LogP contribution is -2.42. The fourth-order valence-corrected chi connectivity index (χ4v) is 3.14. The van der Waals surface area contributed by atoms with Gasteiger partial charge in [-0.3, -0.25) is 9.59 Å². The van der Waals surface area contributed by atoms with Gasteiger partial charge in [0.25, 0.3) is 0 Å². The number of thiophene rings is 1. The third-order valence-electron chi connectivity index (χ3n) is 3.52. The first kappa shape index (κ1) is 15.0. The molecule has 5 nitrogen and oxygen atoms in total. The Morgan fingerprint density at radius 2 is 2.20 bits per heavy atom. The third-order valence-corrected chi connectivity index (χ3v) is 4.39. The molecule has 110 valence electrons. The number of nitrogens with zero attached hydrogens (tertiary/aromatic N) is 1. The third kappa shape index (κ3) is 4.05. The van der Waals surface area contributed by atoms with Crippen molar-refractivity contribution < 1.29 is 14.7 Å². The van der Waals surface area contributed by atoms with Crippen LogP contribution in [0.4, 0.5) is 0 Å². The van der Waals surface area contributed by atoms with Crippen molar-refractivity contribution in [2.24, 2.45) is 0 Å². The van der Waals surface area contributed by atoms with Gasteiger partial charge in [0.15, 0.2) is 0 Å². The summed E-state index contributed by atoms with van der Waals surface area (Å²) in [6.45, 7) is 2.56. The molecule has 2 atom stereocenters. The Labute approximate surface area is 122 Å². The maximum atomic E-state index is 12.2. The van der Waals surface area contributed by atoms with Crippen LogP contribution in [0.5, 0.6) is 0 Å². The van der Waals surface area contributed by atoms with E-state index < -0.39 is 6.10 Å². The quantitative estimate of drug-likeness (QED) is 0.866. The van der Waals surface area contributed by atoms with E-state index in [-0.39, 0.29) is 17.9 Å². The van der Waals surface area contributed by atoms with Crippen molar-refractivity contribution in [3.63, 3.8) is 0 Å². The molecule has 2 heterocycles. The number of carbonyl (C=O) groups is 2. The summed E-state index contributed by atoms with van der Waals surface area (Å²) in [6, 6.07) is 3.63. The number of hydrogen-bond acceptors (Lipinski definition) is 4. The van der Waals surface area contributed by atoms with Crippen LogP contribution >= 0.6 is 11.3 Å².